The molecule has 130 valence electrons. The van der Waals surface area contributed by atoms with Gasteiger partial charge in [-0.15, -0.1) is 0 Å². The molecule has 25 heavy (non-hydrogen) atoms. The zero-order valence-corrected chi connectivity index (χ0v) is 14.7. The Labute approximate surface area is 147 Å². The molecule has 7 nitrogen and oxygen atoms in total. The van der Waals surface area contributed by atoms with Gasteiger partial charge in [-0.1, -0.05) is 6.07 Å². The molecule has 0 saturated carbocycles. The van der Waals surface area contributed by atoms with Crippen LogP contribution in [0.2, 0.25) is 0 Å². The zero-order valence-electron chi connectivity index (χ0n) is 14.7. The van der Waals surface area contributed by atoms with Crippen LogP contribution in [0, 0.1) is 18.3 Å². The Morgan fingerprint density at radius 1 is 1.28 bits per heavy atom. The van der Waals surface area contributed by atoms with Crippen LogP contribution in [-0.2, 0) is 0 Å². The van der Waals surface area contributed by atoms with Crippen molar-refractivity contribution in [2.24, 2.45) is 0 Å². The van der Waals surface area contributed by atoms with Gasteiger partial charge in [0, 0.05) is 17.9 Å². The highest BCUT2D eigenvalue weighted by Gasteiger charge is 2.11. The molecule has 0 spiro atoms. The van der Waals surface area contributed by atoms with E-state index in [-0.39, 0.29) is 11.6 Å². The van der Waals surface area contributed by atoms with Crippen molar-refractivity contribution >= 4 is 17.5 Å². The van der Waals surface area contributed by atoms with Crippen molar-refractivity contribution in [3.63, 3.8) is 0 Å². The van der Waals surface area contributed by atoms with Crippen molar-refractivity contribution < 1.29 is 4.79 Å². The predicted octanol–water partition coefficient (Wildman–Crippen LogP) is 2.27. The first-order valence-electron chi connectivity index (χ1n) is 8.04. The lowest BCUT2D eigenvalue weighted by atomic mass is 10.2. The third kappa shape index (κ3) is 5.86. The van der Waals surface area contributed by atoms with Crippen molar-refractivity contribution in [3.8, 4) is 6.07 Å². The number of amides is 1. The number of hydrogen-bond acceptors (Lipinski definition) is 6. The summed E-state index contributed by atoms with van der Waals surface area (Å²) in [6, 6.07) is 10.4. The summed E-state index contributed by atoms with van der Waals surface area (Å²) in [6.45, 7) is 3.51. The Hall–Kier alpha value is -2.98. The summed E-state index contributed by atoms with van der Waals surface area (Å²) >= 11 is 0. The number of nitrogens with zero attached hydrogens (tertiary/aromatic N) is 4. The minimum absolute atomic E-state index is 0.282. The van der Waals surface area contributed by atoms with Gasteiger partial charge in [0.25, 0.3) is 5.91 Å². The quantitative estimate of drug-likeness (QED) is 0.752. The van der Waals surface area contributed by atoms with E-state index in [1.807, 2.05) is 27.1 Å². The number of benzene rings is 1. The minimum Gasteiger partial charge on any atom is -0.354 e. The van der Waals surface area contributed by atoms with E-state index in [0.29, 0.717) is 22.9 Å². The smallest absolute Gasteiger partial charge is 0.274 e. The molecule has 2 N–H and O–H groups in total. The highest BCUT2D eigenvalue weighted by atomic mass is 16.1. The maximum atomic E-state index is 12.4. The van der Waals surface area contributed by atoms with E-state index in [2.05, 4.69) is 25.5 Å². The minimum atomic E-state index is -0.336. The van der Waals surface area contributed by atoms with Gasteiger partial charge in [0.2, 0.25) is 5.95 Å². The van der Waals surface area contributed by atoms with E-state index in [1.54, 1.807) is 30.3 Å². The van der Waals surface area contributed by atoms with Gasteiger partial charge in [-0.25, -0.2) is 9.97 Å². The Bertz CT molecular complexity index is 781. The number of hydrogen-bond donors (Lipinski definition) is 2. The first-order chi connectivity index (χ1) is 12.0. The van der Waals surface area contributed by atoms with Crippen LogP contribution in [0.3, 0.4) is 0 Å². The number of nitrogens with one attached hydrogen (secondary N) is 2. The number of rotatable bonds is 7. The first kappa shape index (κ1) is 18.4. The Balaban J connectivity index is 2.05. The number of anilines is 2. The molecule has 1 amide bonds. The summed E-state index contributed by atoms with van der Waals surface area (Å²) in [6.07, 6.45) is 0.951. The lowest BCUT2D eigenvalue weighted by molar-refractivity contribution is 0.102. The summed E-state index contributed by atoms with van der Waals surface area (Å²) < 4.78 is 0. The zero-order chi connectivity index (χ0) is 18.2. The van der Waals surface area contributed by atoms with Crippen molar-refractivity contribution in [1.82, 2.24) is 14.9 Å². The van der Waals surface area contributed by atoms with Crippen LogP contribution in [0.4, 0.5) is 11.6 Å². The van der Waals surface area contributed by atoms with Gasteiger partial charge in [-0.2, -0.15) is 5.26 Å². The third-order valence-electron chi connectivity index (χ3n) is 3.40. The molecule has 0 radical (unpaired) electrons. The number of aromatic nitrogens is 2. The van der Waals surface area contributed by atoms with Crippen LogP contribution in [0.25, 0.3) is 0 Å². The highest BCUT2D eigenvalue weighted by Crippen LogP contribution is 2.12. The van der Waals surface area contributed by atoms with Crippen molar-refractivity contribution in [2.45, 2.75) is 13.3 Å². The van der Waals surface area contributed by atoms with Gasteiger partial charge in [-0.3, -0.25) is 4.79 Å². The van der Waals surface area contributed by atoms with Gasteiger partial charge < -0.3 is 15.5 Å². The van der Waals surface area contributed by atoms with Gasteiger partial charge in [-0.05, 0) is 58.3 Å². The predicted molar refractivity (Wildman–Crippen MR) is 97.5 cm³/mol. The second-order valence-electron chi connectivity index (χ2n) is 5.95. The molecule has 1 heterocycles. The van der Waals surface area contributed by atoms with E-state index >= 15 is 0 Å². The Morgan fingerprint density at radius 2 is 2.08 bits per heavy atom. The maximum absolute atomic E-state index is 12.4. The van der Waals surface area contributed by atoms with Crippen LogP contribution in [0.15, 0.2) is 30.3 Å². The van der Waals surface area contributed by atoms with E-state index in [9.17, 15) is 4.79 Å². The molecular formula is C18H22N6O. The van der Waals surface area contributed by atoms with Crippen molar-refractivity contribution in [3.05, 3.63) is 47.3 Å². The van der Waals surface area contributed by atoms with E-state index in [0.717, 1.165) is 19.5 Å². The fourth-order valence-electron chi connectivity index (χ4n) is 2.22. The molecular weight excluding hydrogens is 316 g/mol. The fourth-order valence-corrected chi connectivity index (χ4v) is 2.22. The van der Waals surface area contributed by atoms with Gasteiger partial charge in [0.05, 0.1) is 11.6 Å². The largest absolute Gasteiger partial charge is 0.354 e. The van der Waals surface area contributed by atoms with Crippen molar-refractivity contribution in [1.29, 1.82) is 5.26 Å². The van der Waals surface area contributed by atoms with Gasteiger partial charge in [0.15, 0.2) is 0 Å². The molecule has 1 aromatic heterocycles. The molecule has 0 bridgehead atoms. The fraction of sp³-hybridized carbons (Fsp3) is 0.333. The first-order valence-corrected chi connectivity index (χ1v) is 8.04. The molecule has 0 unspecified atom stereocenters. The van der Waals surface area contributed by atoms with Gasteiger partial charge >= 0.3 is 0 Å². The molecule has 0 saturated heterocycles. The second kappa shape index (κ2) is 8.76. The molecule has 0 fully saturated rings. The summed E-state index contributed by atoms with van der Waals surface area (Å²) in [4.78, 5) is 23.1. The number of carbonyl (C=O) groups excluding carboxylic acids is 1. The maximum Gasteiger partial charge on any atom is 0.274 e. The van der Waals surface area contributed by atoms with Gasteiger partial charge in [0.1, 0.15) is 5.69 Å². The average Bonchev–Trinajstić information content (AvgIpc) is 2.58. The monoisotopic (exact) mass is 338 g/mol. The molecule has 0 aliphatic heterocycles. The van der Waals surface area contributed by atoms with E-state index < -0.39 is 0 Å². The van der Waals surface area contributed by atoms with Crippen LogP contribution in [0.5, 0.6) is 0 Å². The second-order valence-corrected chi connectivity index (χ2v) is 5.95. The van der Waals surface area contributed by atoms with Crippen LogP contribution in [0.1, 0.15) is 28.2 Å². The van der Waals surface area contributed by atoms with Crippen LogP contribution < -0.4 is 10.6 Å². The SMILES string of the molecule is Cc1cc(C(=O)Nc2cccc(C#N)c2)nc(NCCCN(C)C)n1. The Morgan fingerprint density at radius 3 is 2.80 bits per heavy atom. The standard InChI is InChI=1S/C18H22N6O/c1-13-10-16(23-18(21-13)20-8-5-9-24(2)3)17(25)22-15-7-4-6-14(11-15)12-19/h4,6-7,10-11H,5,8-9H2,1-3H3,(H,22,25)(H,20,21,23). The van der Waals surface area contributed by atoms with E-state index in [4.69, 9.17) is 5.26 Å². The number of carbonyl (C=O) groups is 1. The molecule has 0 aliphatic rings. The lowest BCUT2D eigenvalue weighted by Gasteiger charge is -2.11. The molecule has 1 aromatic carbocycles. The van der Waals surface area contributed by atoms with Crippen LogP contribution in [-0.4, -0.2) is 48.0 Å². The topological polar surface area (TPSA) is 93.9 Å². The molecule has 0 aliphatic carbocycles. The number of nitriles is 1. The molecule has 2 aromatic rings. The average molecular weight is 338 g/mol. The summed E-state index contributed by atoms with van der Waals surface area (Å²) in [5.41, 5.74) is 2.03. The Kier molecular flexibility index (Phi) is 6.43. The lowest BCUT2D eigenvalue weighted by Crippen LogP contribution is -2.19. The van der Waals surface area contributed by atoms with Crippen LogP contribution >= 0.6 is 0 Å². The number of aryl methyl sites for hydroxylation is 1. The summed E-state index contributed by atoms with van der Waals surface area (Å²) in [5, 5.41) is 14.8. The summed E-state index contributed by atoms with van der Waals surface area (Å²) in [5.74, 6) is 0.103. The van der Waals surface area contributed by atoms with Crippen molar-refractivity contribution in [2.75, 3.05) is 37.8 Å². The molecule has 7 heteroatoms. The summed E-state index contributed by atoms with van der Waals surface area (Å²) in [7, 11) is 4.04. The third-order valence-corrected chi connectivity index (χ3v) is 3.40. The molecule has 0 atom stereocenters. The normalized spacial score (nSPS) is 10.4. The highest BCUT2D eigenvalue weighted by molar-refractivity contribution is 6.03. The molecule has 2 rings (SSSR count). The van der Waals surface area contributed by atoms with E-state index in [1.165, 1.54) is 0 Å².